The van der Waals surface area contributed by atoms with Crippen molar-refractivity contribution in [3.05, 3.63) is 86.8 Å². The fraction of sp³-hybridized carbons (Fsp3) is 0.280. The maximum absolute atomic E-state index is 13.0. The number of carbonyl (C=O) groups excluding carboxylic acids is 2. The number of aryl methyl sites for hydroxylation is 2. The molecule has 5 nitrogen and oxygen atoms in total. The van der Waals surface area contributed by atoms with E-state index >= 15 is 0 Å². The molecule has 1 aliphatic heterocycles. The number of carbonyl (C=O) groups is 2. The van der Waals surface area contributed by atoms with E-state index in [4.69, 9.17) is 4.74 Å². The summed E-state index contributed by atoms with van der Waals surface area (Å²) in [4.78, 5) is 29.0. The van der Waals surface area contributed by atoms with E-state index < -0.39 is 5.97 Å². The maximum atomic E-state index is 13.0. The normalized spacial score (nSPS) is 13.5. The Morgan fingerprint density at radius 1 is 1.13 bits per heavy atom. The first-order chi connectivity index (χ1) is 15.0. The van der Waals surface area contributed by atoms with Gasteiger partial charge in [-0.1, -0.05) is 48.0 Å². The van der Waals surface area contributed by atoms with Crippen molar-refractivity contribution < 1.29 is 14.3 Å². The zero-order chi connectivity index (χ0) is 22.0. The molecule has 6 heteroatoms. The van der Waals surface area contributed by atoms with Gasteiger partial charge >= 0.3 is 5.97 Å². The number of amides is 1. The van der Waals surface area contributed by atoms with E-state index in [9.17, 15) is 9.59 Å². The van der Waals surface area contributed by atoms with Gasteiger partial charge in [-0.05, 0) is 43.0 Å². The van der Waals surface area contributed by atoms with Gasteiger partial charge < -0.3 is 10.1 Å². The molecule has 0 unspecified atom stereocenters. The second-order valence-corrected chi connectivity index (χ2v) is 9.02. The van der Waals surface area contributed by atoms with Crippen LogP contribution in [0.3, 0.4) is 0 Å². The highest BCUT2D eigenvalue weighted by Crippen LogP contribution is 2.38. The lowest BCUT2D eigenvalue weighted by molar-refractivity contribution is 0.0600. The number of rotatable bonds is 5. The summed E-state index contributed by atoms with van der Waals surface area (Å²) in [6.45, 7) is 6.38. The van der Waals surface area contributed by atoms with Gasteiger partial charge in [0.05, 0.1) is 12.7 Å². The summed E-state index contributed by atoms with van der Waals surface area (Å²) >= 11 is 1.48. The molecule has 3 aromatic rings. The molecule has 0 aliphatic carbocycles. The number of benzene rings is 2. The van der Waals surface area contributed by atoms with E-state index in [-0.39, 0.29) is 5.91 Å². The molecule has 1 aromatic heterocycles. The number of fused-ring (bicyclic) bond motifs is 1. The van der Waals surface area contributed by atoms with E-state index in [0.717, 1.165) is 47.6 Å². The molecule has 0 radical (unpaired) electrons. The van der Waals surface area contributed by atoms with E-state index in [1.54, 1.807) is 0 Å². The Labute approximate surface area is 186 Å². The third-order valence-corrected chi connectivity index (χ3v) is 6.76. The fourth-order valence-corrected chi connectivity index (χ4v) is 5.35. The molecule has 1 N–H and O–H groups in total. The van der Waals surface area contributed by atoms with Gasteiger partial charge in [0.1, 0.15) is 5.00 Å². The summed E-state index contributed by atoms with van der Waals surface area (Å²) < 4.78 is 5.05. The van der Waals surface area contributed by atoms with Crippen LogP contribution in [-0.2, 0) is 24.2 Å². The lowest BCUT2D eigenvalue weighted by Crippen LogP contribution is -2.29. The summed E-state index contributed by atoms with van der Waals surface area (Å²) in [5.74, 6) is -0.604. The summed E-state index contributed by atoms with van der Waals surface area (Å²) in [6, 6.07) is 16.1. The highest BCUT2D eigenvalue weighted by atomic mass is 32.1. The Morgan fingerprint density at radius 2 is 1.90 bits per heavy atom. The molecule has 0 spiro atoms. The van der Waals surface area contributed by atoms with Crippen molar-refractivity contribution in [3.8, 4) is 0 Å². The quantitative estimate of drug-likeness (QED) is 0.577. The van der Waals surface area contributed by atoms with Crippen LogP contribution in [0.15, 0.2) is 48.5 Å². The van der Waals surface area contributed by atoms with Crippen LogP contribution in [0.25, 0.3) is 0 Å². The lowest BCUT2D eigenvalue weighted by Gasteiger charge is -2.27. The molecule has 1 amide bonds. The van der Waals surface area contributed by atoms with Crippen molar-refractivity contribution in [2.45, 2.75) is 33.4 Å². The van der Waals surface area contributed by atoms with Gasteiger partial charge in [0.2, 0.25) is 0 Å². The monoisotopic (exact) mass is 434 g/mol. The number of esters is 1. The molecular weight excluding hydrogens is 408 g/mol. The molecule has 2 heterocycles. The van der Waals surface area contributed by atoms with Crippen LogP contribution in [0.1, 0.15) is 47.8 Å². The minimum absolute atomic E-state index is 0.206. The number of anilines is 1. The number of thiophene rings is 1. The van der Waals surface area contributed by atoms with Crippen molar-refractivity contribution in [2.24, 2.45) is 0 Å². The number of ether oxygens (including phenoxy) is 1. The summed E-state index contributed by atoms with van der Waals surface area (Å²) in [5, 5.41) is 3.56. The van der Waals surface area contributed by atoms with Crippen molar-refractivity contribution >= 4 is 28.2 Å². The number of nitrogens with zero attached hydrogens (tertiary/aromatic N) is 1. The Bertz CT molecular complexity index is 1120. The average molecular weight is 435 g/mol. The highest BCUT2D eigenvalue weighted by molar-refractivity contribution is 7.17. The van der Waals surface area contributed by atoms with Crippen molar-refractivity contribution in [3.63, 3.8) is 0 Å². The first-order valence-electron chi connectivity index (χ1n) is 10.3. The van der Waals surface area contributed by atoms with Gasteiger partial charge in [-0.25, -0.2) is 4.79 Å². The van der Waals surface area contributed by atoms with Gasteiger partial charge in [0, 0.05) is 30.1 Å². The van der Waals surface area contributed by atoms with Gasteiger partial charge in [-0.2, -0.15) is 0 Å². The van der Waals surface area contributed by atoms with E-state index in [2.05, 4.69) is 22.3 Å². The molecule has 1 aliphatic rings. The smallest absolute Gasteiger partial charge is 0.341 e. The molecule has 2 aromatic carbocycles. The summed E-state index contributed by atoms with van der Waals surface area (Å²) in [6.07, 6.45) is 0.753. The number of hydrogen-bond acceptors (Lipinski definition) is 5. The Morgan fingerprint density at radius 3 is 2.61 bits per heavy atom. The minimum atomic E-state index is -0.398. The predicted octanol–water partition coefficient (Wildman–Crippen LogP) is 4.96. The minimum Gasteiger partial charge on any atom is -0.465 e. The number of methoxy groups -OCH3 is 1. The van der Waals surface area contributed by atoms with E-state index in [1.807, 2.05) is 50.2 Å². The summed E-state index contributed by atoms with van der Waals surface area (Å²) in [7, 11) is 1.38. The Balaban J connectivity index is 1.60. The molecule has 0 saturated carbocycles. The van der Waals surface area contributed by atoms with Crippen LogP contribution >= 0.6 is 11.3 Å². The van der Waals surface area contributed by atoms with Gasteiger partial charge in [0.15, 0.2) is 0 Å². The zero-order valence-corrected chi connectivity index (χ0v) is 18.8. The topological polar surface area (TPSA) is 58.6 Å². The molecule has 0 saturated heterocycles. The van der Waals surface area contributed by atoms with Crippen LogP contribution in [0, 0.1) is 13.8 Å². The highest BCUT2D eigenvalue weighted by Gasteiger charge is 2.29. The lowest BCUT2D eigenvalue weighted by atomic mass is 10.0. The van der Waals surface area contributed by atoms with Crippen molar-refractivity contribution in [2.75, 3.05) is 19.0 Å². The molecule has 0 bridgehead atoms. The first kappa shape index (κ1) is 21.3. The average Bonchev–Trinajstić information content (AvgIpc) is 3.10. The fourth-order valence-electron chi connectivity index (χ4n) is 4.08. The number of nitrogens with one attached hydrogen (secondary N) is 1. The Hall–Kier alpha value is -2.96. The van der Waals surface area contributed by atoms with E-state index in [0.29, 0.717) is 16.1 Å². The largest absolute Gasteiger partial charge is 0.465 e. The maximum Gasteiger partial charge on any atom is 0.341 e. The zero-order valence-electron chi connectivity index (χ0n) is 18.0. The number of hydrogen-bond donors (Lipinski definition) is 1. The predicted molar refractivity (Wildman–Crippen MR) is 124 cm³/mol. The molecule has 4 rings (SSSR count). The molecule has 0 atom stereocenters. The third-order valence-electron chi connectivity index (χ3n) is 5.63. The SMILES string of the molecule is COC(=O)c1c(NC(=O)c2ccc(C)cc2C)sc2c1CCN(Cc1ccccc1)C2. The molecular formula is C25H26N2O3S. The van der Waals surface area contributed by atoms with E-state index in [1.165, 1.54) is 24.0 Å². The second-order valence-electron chi connectivity index (χ2n) is 7.92. The van der Waals surface area contributed by atoms with Crippen LogP contribution in [0.5, 0.6) is 0 Å². The van der Waals surface area contributed by atoms with Crippen molar-refractivity contribution in [1.82, 2.24) is 4.90 Å². The molecule has 0 fully saturated rings. The standard InChI is InChI=1S/C25H26N2O3S/c1-16-9-10-19(17(2)13-16)23(28)26-24-22(25(29)30-3)20-11-12-27(15-21(20)31-24)14-18-7-5-4-6-8-18/h4-10,13H,11-12,14-15H2,1-3H3,(H,26,28). The van der Waals surface area contributed by atoms with Crippen molar-refractivity contribution in [1.29, 1.82) is 0 Å². The molecule has 31 heavy (non-hydrogen) atoms. The second kappa shape index (κ2) is 9.04. The van der Waals surface area contributed by atoms with Crippen LogP contribution in [0.4, 0.5) is 5.00 Å². The Kier molecular flexibility index (Phi) is 6.20. The molecule has 160 valence electrons. The van der Waals surface area contributed by atoms with Gasteiger partial charge in [-0.3, -0.25) is 9.69 Å². The van der Waals surface area contributed by atoms with Crippen LogP contribution in [-0.4, -0.2) is 30.4 Å². The summed E-state index contributed by atoms with van der Waals surface area (Å²) in [5.41, 5.74) is 5.39. The van der Waals surface area contributed by atoms with Gasteiger partial charge in [0.25, 0.3) is 5.91 Å². The van der Waals surface area contributed by atoms with Gasteiger partial charge in [-0.15, -0.1) is 11.3 Å². The van der Waals surface area contributed by atoms with Crippen LogP contribution in [0.2, 0.25) is 0 Å². The first-order valence-corrected chi connectivity index (χ1v) is 11.2. The van der Waals surface area contributed by atoms with Crippen LogP contribution < -0.4 is 5.32 Å². The third kappa shape index (κ3) is 4.55.